The molecule has 0 aliphatic carbocycles. The SMILES string of the molecule is COc1ccccc1CNC(=O)c1cc(-c2ccccc2)on1. The molecule has 0 saturated heterocycles. The molecule has 1 amide bonds. The quantitative estimate of drug-likeness (QED) is 0.785. The van der Waals surface area contributed by atoms with Crippen LogP contribution in [-0.2, 0) is 6.54 Å². The number of carbonyl (C=O) groups is 1. The predicted molar refractivity (Wildman–Crippen MR) is 86.1 cm³/mol. The normalized spacial score (nSPS) is 10.3. The molecule has 3 rings (SSSR count). The fourth-order valence-electron chi connectivity index (χ4n) is 2.24. The van der Waals surface area contributed by atoms with E-state index in [2.05, 4.69) is 10.5 Å². The van der Waals surface area contributed by atoms with E-state index in [1.165, 1.54) is 0 Å². The molecule has 3 aromatic rings. The Morgan fingerprint density at radius 1 is 1.13 bits per heavy atom. The highest BCUT2D eigenvalue weighted by Gasteiger charge is 2.14. The molecule has 0 fully saturated rings. The van der Waals surface area contributed by atoms with Crippen molar-refractivity contribution in [2.24, 2.45) is 0 Å². The van der Waals surface area contributed by atoms with Crippen LogP contribution in [0, 0.1) is 0 Å². The van der Waals surface area contributed by atoms with Gasteiger partial charge in [0, 0.05) is 23.7 Å². The van der Waals surface area contributed by atoms with Crippen molar-refractivity contribution >= 4 is 5.91 Å². The molecule has 0 radical (unpaired) electrons. The molecule has 1 aromatic heterocycles. The zero-order valence-corrected chi connectivity index (χ0v) is 12.7. The first-order valence-electron chi connectivity index (χ1n) is 7.20. The van der Waals surface area contributed by atoms with Crippen LogP contribution in [0.3, 0.4) is 0 Å². The fourth-order valence-corrected chi connectivity index (χ4v) is 2.24. The summed E-state index contributed by atoms with van der Waals surface area (Å²) >= 11 is 0. The number of amides is 1. The Labute approximate surface area is 133 Å². The van der Waals surface area contributed by atoms with Crippen molar-refractivity contribution in [1.82, 2.24) is 10.5 Å². The van der Waals surface area contributed by atoms with Gasteiger partial charge in [-0.15, -0.1) is 0 Å². The molecule has 0 unspecified atom stereocenters. The van der Waals surface area contributed by atoms with Gasteiger partial charge in [0.05, 0.1) is 7.11 Å². The van der Waals surface area contributed by atoms with Gasteiger partial charge in [0.2, 0.25) is 0 Å². The number of methoxy groups -OCH3 is 1. The number of carbonyl (C=O) groups excluding carboxylic acids is 1. The van der Waals surface area contributed by atoms with Gasteiger partial charge in [-0.05, 0) is 6.07 Å². The monoisotopic (exact) mass is 308 g/mol. The molecule has 0 aliphatic heterocycles. The van der Waals surface area contributed by atoms with Crippen LogP contribution in [0.5, 0.6) is 5.75 Å². The van der Waals surface area contributed by atoms with Crippen molar-refractivity contribution in [3.8, 4) is 17.1 Å². The number of aromatic nitrogens is 1. The Morgan fingerprint density at radius 2 is 1.87 bits per heavy atom. The summed E-state index contributed by atoms with van der Waals surface area (Å²) in [5, 5.41) is 6.64. The molecule has 1 N–H and O–H groups in total. The standard InChI is InChI=1S/C18H16N2O3/c1-22-16-10-6-5-9-14(16)12-19-18(21)15-11-17(23-20-15)13-7-3-2-4-8-13/h2-11H,12H2,1H3,(H,19,21). The largest absolute Gasteiger partial charge is 0.496 e. The summed E-state index contributed by atoms with van der Waals surface area (Å²) in [6.07, 6.45) is 0. The molecule has 2 aromatic carbocycles. The highest BCUT2D eigenvalue weighted by atomic mass is 16.5. The lowest BCUT2D eigenvalue weighted by molar-refractivity contribution is 0.0941. The Balaban J connectivity index is 1.68. The Hall–Kier alpha value is -3.08. The van der Waals surface area contributed by atoms with Crippen LogP contribution in [0.15, 0.2) is 65.2 Å². The van der Waals surface area contributed by atoms with E-state index < -0.39 is 0 Å². The molecule has 5 heteroatoms. The molecule has 116 valence electrons. The second-order valence-corrected chi connectivity index (χ2v) is 4.94. The number of hydrogen-bond donors (Lipinski definition) is 1. The molecule has 0 aliphatic rings. The van der Waals surface area contributed by atoms with Crippen molar-refractivity contribution in [3.05, 3.63) is 71.9 Å². The lowest BCUT2D eigenvalue weighted by Gasteiger charge is -2.08. The third-order valence-corrected chi connectivity index (χ3v) is 3.43. The van der Waals surface area contributed by atoms with Crippen molar-refractivity contribution in [2.75, 3.05) is 7.11 Å². The summed E-state index contributed by atoms with van der Waals surface area (Å²) in [4.78, 5) is 12.2. The molecular weight excluding hydrogens is 292 g/mol. The van der Waals surface area contributed by atoms with Gasteiger partial charge >= 0.3 is 0 Å². The van der Waals surface area contributed by atoms with Crippen molar-refractivity contribution in [2.45, 2.75) is 6.54 Å². The van der Waals surface area contributed by atoms with Crippen LogP contribution in [0.4, 0.5) is 0 Å². The number of hydrogen-bond acceptors (Lipinski definition) is 4. The minimum Gasteiger partial charge on any atom is -0.496 e. The number of benzene rings is 2. The van der Waals surface area contributed by atoms with Gasteiger partial charge in [-0.2, -0.15) is 0 Å². The lowest BCUT2D eigenvalue weighted by Crippen LogP contribution is -2.23. The van der Waals surface area contributed by atoms with E-state index in [1.54, 1.807) is 13.2 Å². The second kappa shape index (κ2) is 6.79. The summed E-state index contributed by atoms with van der Waals surface area (Å²) in [5.74, 6) is 1.01. The Morgan fingerprint density at radius 3 is 2.65 bits per heavy atom. The fraction of sp³-hybridized carbons (Fsp3) is 0.111. The van der Waals surface area contributed by atoms with Gasteiger partial charge in [-0.1, -0.05) is 53.7 Å². The highest BCUT2D eigenvalue weighted by molar-refractivity contribution is 5.93. The minimum absolute atomic E-state index is 0.249. The molecule has 0 atom stereocenters. The van der Waals surface area contributed by atoms with Crippen LogP contribution in [0.1, 0.15) is 16.1 Å². The van der Waals surface area contributed by atoms with Crippen LogP contribution >= 0.6 is 0 Å². The summed E-state index contributed by atoms with van der Waals surface area (Å²) in [7, 11) is 1.60. The van der Waals surface area contributed by atoms with E-state index in [0.29, 0.717) is 12.3 Å². The first kappa shape index (κ1) is 14.8. The lowest BCUT2D eigenvalue weighted by atomic mass is 10.1. The molecule has 0 spiro atoms. The summed E-state index contributed by atoms with van der Waals surface area (Å²) in [6, 6.07) is 18.7. The summed E-state index contributed by atoms with van der Waals surface area (Å²) < 4.78 is 10.5. The Bertz CT molecular complexity index is 797. The first-order valence-corrected chi connectivity index (χ1v) is 7.20. The number of nitrogens with zero attached hydrogens (tertiary/aromatic N) is 1. The van der Waals surface area contributed by atoms with E-state index in [9.17, 15) is 4.79 Å². The molecule has 23 heavy (non-hydrogen) atoms. The van der Waals surface area contributed by atoms with Crippen LogP contribution in [0.2, 0.25) is 0 Å². The summed E-state index contributed by atoms with van der Waals surface area (Å²) in [5.41, 5.74) is 2.03. The van der Waals surface area contributed by atoms with Gasteiger partial charge in [0.15, 0.2) is 11.5 Å². The van der Waals surface area contributed by atoms with Gasteiger partial charge in [0.25, 0.3) is 5.91 Å². The molecular formula is C18H16N2O3. The number of rotatable bonds is 5. The molecule has 0 saturated carbocycles. The van der Waals surface area contributed by atoms with Crippen LogP contribution in [-0.4, -0.2) is 18.2 Å². The number of ether oxygens (including phenoxy) is 1. The van der Waals surface area contributed by atoms with E-state index in [1.807, 2.05) is 54.6 Å². The van der Waals surface area contributed by atoms with Crippen LogP contribution < -0.4 is 10.1 Å². The molecule has 0 bridgehead atoms. The smallest absolute Gasteiger partial charge is 0.273 e. The second-order valence-electron chi connectivity index (χ2n) is 4.94. The van der Waals surface area contributed by atoms with Crippen molar-refractivity contribution in [3.63, 3.8) is 0 Å². The highest BCUT2D eigenvalue weighted by Crippen LogP contribution is 2.20. The van der Waals surface area contributed by atoms with Gasteiger partial charge in [-0.3, -0.25) is 4.79 Å². The summed E-state index contributed by atoms with van der Waals surface area (Å²) in [6.45, 7) is 0.358. The minimum atomic E-state index is -0.290. The zero-order valence-electron chi connectivity index (χ0n) is 12.7. The average molecular weight is 308 g/mol. The van der Waals surface area contributed by atoms with E-state index in [-0.39, 0.29) is 11.6 Å². The zero-order chi connectivity index (χ0) is 16.1. The van der Waals surface area contributed by atoms with Crippen molar-refractivity contribution < 1.29 is 14.1 Å². The molecule has 1 heterocycles. The Kier molecular flexibility index (Phi) is 4.38. The molecule has 5 nitrogen and oxygen atoms in total. The van der Waals surface area contributed by atoms with Crippen molar-refractivity contribution in [1.29, 1.82) is 0 Å². The number of para-hydroxylation sites is 1. The maximum Gasteiger partial charge on any atom is 0.273 e. The third-order valence-electron chi connectivity index (χ3n) is 3.43. The van der Waals surface area contributed by atoms with E-state index in [4.69, 9.17) is 9.26 Å². The van der Waals surface area contributed by atoms with Gasteiger partial charge in [-0.25, -0.2) is 0 Å². The third kappa shape index (κ3) is 3.40. The van der Waals surface area contributed by atoms with Gasteiger partial charge in [0.1, 0.15) is 5.75 Å². The van der Waals surface area contributed by atoms with E-state index >= 15 is 0 Å². The maximum atomic E-state index is 12.2. The number of nitrogens with one attached hydrogen (secondary N) is 1. The maximum absolute atomic E-state index is 12.2. The topological polar surface area (TPSA) is 64.4 Å². The average Bonchev–Trinajstić information content (AvgIpc) is 3.11. The van der Waals surface area contributed by atoms with E-state index in [0.717, 1.165) is 16.9 Å². The van der Waals surface area contributed by atoms with Gasteiger partial charge < -0.3 is 14.6 Å². The predicted octanol–water partition coefficient (Wildman–Crippen LogP) is 3.28. The first-order chi connectivity index (χ1) is 11.3. The van der Waals surface area contributed by atoms with Crippen LogP contribution in [0.25, 0.3) is 11.3 Å².